The van der Waals surface area contributed by atoms with Gasteiger partial charge in [-0.2, -0.15) is 13.2 Å². The molecular formula is C23H21F3O3S2. The molecule has 0 saturated heterocycles. The number of aliphatic carboxylic acids is 1. The molecule has 0 amide bonds. The lowest BCUT2D eigenvalue weighted by molar-refractivity contribution is -0.145. The van der Waals surface area contributed by atoms with E-state index in [4.69, 9.17) is 9.84 Å². The molecule has 1 heterocycles. The van der Waals surface area contributed by atoms with Crippen LogP contribution in [0.25, 0.3) is 10.4 Å². The average Bonchev–Trinajstić information content (AvgIpc) is 3.20. The molecule has 1 atom stereocenters. The molecule has 0 aliphatic carbocycles. The highest BCUT2D eigenvalue weighted by Crippen LogP contribution is 2.35. The first-order valence-corrected chi connectivity index (χ1v) is 11.4. The number of thiophene rings is 1. The number of alkyl halides is 3. The molecule has 31 heavy (non-hydrogen) atoms. The van der Waals surface area contributed by atoms with Crippen molar-refractivity contribution < 1.29 is 27.8 Å². The first kappa shape index (κ1) is 23.2. The molecule has 2 aromatic carbocycles. The molecule has 1 aromatic heterocycles. The number of thioether (sulfide) groups is 1. The van der Waals surface area contributed by atoms with E-state index in [0.717, 1.165) is 43.7 Å². The van der Waals surface area contributed by atoms with Crippen molar-refractivity contribution in [2.24, 2.45) is 0 Å². The van der Waals surface area contributed by atoms with Crippen molar-refractivity contribution in [2.75, 3.05) is 0 Å². The van der Waals surface area contributed by atoms with E-state index in [-0.39, 0.29) is 0 Å². The molecule has 0 aliphatic rings. The number of carbonyl (C=O) groups is 1. The van der Waals surface area contributed by atoms with Gasteiger partial charge in [-0.25, -0.2) is 4.79 Å². The van der Waals surface area contributed by atoms with Crippen LogP contribution in [0, 0.1) is 6.92 Å². The summed E-state index contributed by atoms with van der Waals surface area (Å²) in [6.07, 6.45) is -4.82. The van der Waals surface area contributed by atoms with Gasteiger partial charge >= 0.3 is 12.1 Å². The van der Waals surface area contributed by atoms with Crippen LogP contribution in [0.3, 0.4) is 0 Å². The van der Waals surface area contributed by atoms with Crippen LogP contribution in [0.4, 0.5) is 13.2 Å². The molecule has 8 heteroatoms. The summed E-state index contributed by atoms with van der Waals surface area (Å²) in [5.41, 5.74) is 0.969. The summed E-state index contributed by atoms with van der Waals surface area (Å²) >= 11 is 3.18. The number of carboxylic acids is 1. The molecule has 0 spiro atoms. The number of rotatable bonds is 8. The number of benzene rings is 2. The Morgan fingerprint density at radius 1 is 1.13 bits per heavy atom. The molecule has 0 fully saturated rings. The molecule has 3 nitrogen and oxygen atoms in total. The van der Waals surface area contributed by atoms with Crippen LogP contribution in [0.2, 0.25) is 0 Å². The average molecular weight is 467 g/mol. The smallest absolute Gasteiger partial charge is 0.416 e. The molecule has 164 valence electrons. The van der Waals surface area contributed by atoms with Crippen LogP contribution in [0.1, 0.15) is 29.3 Å². The first-order valence-electron chi connectivity index (χ1n) is 9.56. The summed E-state index contributed by atoms with van der Waals surface area (Å²) in [4.78, 5) is 14.2. The van der Waals surface area contributed by atoms with E-state index in [1.54, 1.807) is 36.1 Å². The van der Waals surface area contributed by atoms with Gasteiger partial charge in [0.25, 0.3) is 0 Å². The van der Waals surface area contributed by atoms with Gasteiger partial charge in [-0.1, -0.05) is 19.1 Å². The fourth-order valence-electron chi connectivity index (χ4n) is 2.89. The fraction of sp³-hybridized carbons (Fsp3) is 0.261. The maximum Gasteiger partial charge on any atom is 0.416 e. The largest absolute Gasteiger partial charge is 0.479 e. The molecule has 0 radical (unpaired) electrons. The van der Waals surface area contributed by atoms with Crippen molar-refractivity contribution in [1.82, 2.24) is 0 Å². The number of hydrogen-bond acceptors (Lipinski definition) is 4. The summed E-state index contributed by atoms with van der Waals surface area (Å²) in [6, 6.07) is 14.7. The van der Waals surface area contributed by atoms with Crippen LogP contribution in [0.15, 0.2) is 59.5 Å². The third-order valence-corrected chi connectivity index (χ3v) is 6.96. The Bertz CT molecular complexity index is 1040. The topological polar surface area (TPSA) is 46.5 Å². The minimum absolute atomic E-state index is 0.380. The van der Waals surface area contributed by atoms with Crippen molar-refractivity contribution in [2.45, 2.75) is 43.2 Å². The SMILES string of the molecule is CCC(Oc1ccc(SCc2ccc(-c3ccc(C(F)(F)F)cc3)s2)cc1C)C(=O)O. The summed E-state index contributed by atoms with van der Waals surface area (Å²) < 4.78 is 43.7. The van der Waals surface area contributed by atoms with E-state index in [1.807, 2.05) is 31.2 Å². The summed E-state index contributed by atoms with van der Waals surface area (Å²) in [6.45, 7) is 3.64. The normalized spacial score (nSPS) is 12.5. The highest BCUT2D eigenvalue weighted by molar-refractivity contribution is 7.98. The van der Waals surface area contributed by atoms with Gasteiger partial charge in [0, 0.05) is 20.4 Å². The third-order valence-electron chi connectivity index (χ3n) is 4.60. The highest BCUT2D eigenvalue weighted by atomic mass is 32.2. The lowest BCUT2D eigenvalue weighted by atomic mass is 10.1. The van der Waals surface area contributed by atoms with Gasteiger partial charge in [0.05, 0.1) is 5.56 Å². The summed E-state index contributed by atoms with van der Waals surface area (Å²) in [7, 11) is 0. The van der Waals surface area contributed by atoms with Crippen molar-refractivity contribution in [1.29, 1.82) is 0 Å². The number of carboxylic acid groups (broad SMARTS) is 1. The second-order valence-corrected chi connectivity index (χ2v) is 9.13. The lowest BCUT2D eigenvalue weighted by Gasteiger charge is -2.15. The second-order valence-electron chi connectivity index (χ2n) is 6.91. The van der Waals surface area contributed by atoms with Gasteiger partial charge in [-0.3, -0.25) is 0 Å². The van der Waals surface area contributed by atoms with Crippen LogP contribution >= 0.6 is 23.1 Å². The van der Waals surface area contributed by atoms with E-state index >= 15 is 0 Å². The van der Waals surface area contributed by atoms with Crippen molar-refractivity contribution in [3.05, 3.63) is 70.6 Å². The highest BCUT2D eigenvalue weighted by Gasteiger charge is 2.30. The Hall–Kier alpha value is -2.45. The predicted molar refractivity (Wildman–Crippen MR) is 118 cm³/mol. The minimum Gasteiger partial charge on any atom is -0.479 e. The molecular weight excluding hydrogens is 445 g/mol. The number of hydrogen-bond donors (Lipinski definition) is 1. The molecule has 3 rings (SSSR count). The number of ether oxygens (including phenoxy) is 1. The predicted octanol–water partition coefficient (Wildman–Crippen LogP) is 7.28. The molecule has 1 N–H and O–H groups in total. The van der Waals surface area contributed by atoms with Crippen molar-refractivity contribution in [3.63, 3.8) is 0 Å². The van der Waals surface area contributed by atoms with E-state index in [1.165, 1.54) is 12.1 Å². The summed E-state index contributed by atoms with van der Waals surface area (Å²) in [5.74, 6) is 0.290. The number of aryl methyl sites for hydroxylation is 1. The van der Waals surface area contributed by atoms with E-state index in [0.29, 0.717) is 12.2 Å². The Labute approximate surface area is 186 Å². The zero-order valence-corrected chi connectivity index (χ0v) is 18.5. The zero-order valence-electron chi connectivity index (χ0n) is 16.9. The Balaban J connectivity index is 1.63. The third kappa shape index (κ3) is 6.04. The monoisotopic (exact) mass is 466 g/mol. The Morgan fingerprint density at radius 3 is 2.42 bits per heavy atom. The maximum atomic E-state index is 12.7. The molecule has 0 aliphatic heterocycles. The summed E-state index contributed by atoms with van der Waals surface area (Å²) in [5, 5.41) is 9.15. The van der Waals surface area contributed by atoms with Crippen molar-refractivity contribution in [3.8, 4) is 16.2 Å². The Morgan fingerprint density at radius 2 is 1.84 bits per heavy atom. The van der Waals surface area contributed by atoms with Gasteiger partial charge in [0.1, 0.15) is 5.75 Å². The van der Waals surface area contributed by atoms with Crippen LogP contribution in [-0.2, 0) is 16.7 Å². The van der Waals surface area contributed by atoms with Gasteiger partial charge in [0.2, 0.25) is 0 Å². The molecule has 0 saturated carbocycles. The molecule has 3 aromatic rings. The minimum atomic E-state index is -4.33. The lowest BCUT2D eigenvalue weighted by Crippen LogP contribution is -2.26. The van der Waals surface area contributed by atoms with Crippen LogP contribution in [-0.4, -0.2) is 17.2 Å². The van der Waals surface area contributed by atoms with Crippen LogP contribution < -0.4 is 4.74 Å². The van der Waals surface area contributed by atoms with E-state index in [2.05, 4.69) is 0 Å². The van der Waals surface area contributed by atoms with E-state index < -0.39 is 23.8 Å². The standard InChI is InChI=1S/C23H21F3O3S2/c1-3-19(22(27)28)29-20-10-8-17(12-14(20)2)30-13-18-9-11-21(31-18)15-4-6-16(7-5-15)23(24,25)26/h4-12,19H,3,13H2,1-2H3,(H,27,28). The quantitative estimate of drug-likeness (QED) is 0.355. The zero-order chi connectivity index (χ0) is 22.6. The van der Waals surface area contributed by atoms with Gasteiger partial charge in [-0.15, -0.1) is 23.1 Å². The second kappa shape index (κ2) is 9.78. The van der Waals surface area contributed by atoms with Crippen molar-refractivity contribution >= 4 is 29.1 Å². The van der Waals surface area contributed by atoms with Gasteiger partial charge in [-0.05, 0) is 66.9 Å². The Kier molecular flexibility index (Phi) is 7.33. The van der Waals surface area contributed by atoms with Gasteiger partial charge < -0.3 is 9.84 Å². The number of halogens is 3. The van der Waals surface area contributed by atoms with Gasteiger partial charge in [0.15, 0.2) is 6.10 Å². The molecule has 1 unspecified atom stereocenters. The first-order chi connectivity index (χ1) is 14.7. The van der Waals surface area contributed by atoms with Crippen LogP contribution in [0.5, 0.6) is 5.75 Å². The molecule has 0 bridgehead atoms. The fourth-order valence-corrected chi connectivity index (χ4v) is 4.94. The maximum absolute atomic E-state index is 12.7. The van der Waals surface area contributed by atoms with E-state index in [9.17, 15) is 18.0 Å².